The number of hydrogen-bond donors (Lipinski definition) is 2. The Labute approximate surface area is 166 Å². The molecule has 1 fully saturated rings. The van der Waals surface area contributed by atoms with Gasteiger partial charge < -0.3 is 16.0 Å². The fourth-order valence-electron chi connectivity index (χ4n) is 3.24. The van der Waals surface area contributed by atoms with Gasteiger partial charge in [0.1, 0.15) is 0 Å². The Balaban J connectivity index is 1.56. The monoisotopic (exact) mass is 398 g/mol. The Kier molecular flexibility index (Phi) is 5.24. The third-order valence-electron chi connectivity index (χ3n) is 4.73. The number of aromatic nitrogens is 1. The van der Waals surface area contributed by atoms with Crippen LogP contribution in [0.4, 0.5) is 10.8 Å². The maximum absolute atomic E-state index is 13.0. The molecule has 0 aliphatic carbocycles. The number of rotatable bonds is 5. The number of ketones is 1. The average Bonchev–Trinajstić information content (AvgIpc) is 3.34. The van der Waals surface area contributed by atoms with Crippen LogP contribution in [0, 0.1) is 6.92 Å². The summed E-state index contributed by atoms with van der Waals surface area (Å²) in [6, 6.07) is 10.0. The molecule has 3 N–H and O–H groups in total. The fourth-order valence-corrected chi connectivity index (χ4v) is 5.02. The molecule has 0 saturated carbocycles. The van der Waals surface area contributed by atoms with E-state index in [0.29, 0.717) is 12.1 Å². The SMILES string of the molecule is Cc1nc(N2CCNCC2)sc1C(=O)Cc1cc(-c2cccs2)ccc1N. The van der Waals surface area contributed by atoms with Crippen molar-refractivity contribution < 1.29 is 4.79 Å². The van der Waals surface area contributed by atoms with Gasteiger partial charge in [0.05, 0.1) is 10.6 Å². The minimum atomic E-state index is 0.0846. The number of carbonyl (C=O) groups is 1. The summed E-state index contributed by atoms with van der Waals surface area (Å²) in [6.45, 7) is 5.68. The molecule has 2 aromatic heterocycles. The van der Waals surface area contributed by atoms with Gasteiger partial charge in [-0.05, 0) is 41.6 Å². The van der Waals surface area contributed by atoms with E-state index in [9.17, 15) is 4.79 Å². The molecule has 7 heteroatoms. The second-order valence-corrected chi connectivity index (χ2v) is 8.56. The normalized spacial score (nSPS) is 14.5. The van der Waals surface area contributed by atoms with Crippen LogP contribution in [0.15, 0.2) is 35.7 Å². The van der Waals surface area contributed by atoms with E-state index in [1.54, 1.807) is 11.3 Å². The third-order valence-corrected chi connectivity index (χ3v) is 6.90. The van der Waals surface area contributed by atoms with E-state index in [1.165, 1.54) is 16.2 Å². The predicted octanol–water partition coefficient (Wildman–Crippen LogP) is 3.60. The van der Waals surface area contributed by atoms with Gasteiger partial charge in [0.2, 0.25) is 0 Å². The van der Waals surface area contributed by atoms with Gasteiger partial charge in [0.15, 0.2) is 10.9 Å². The van der Waals surface area contributed by atoms with Crippen molar-refractivity contribution in [1.82, 2.24) is 10.3 Å². The quantitative estimate of drug-likeness (QED) is 0.508. The maximum atomic E-state index is 13.0. The Hall–Kier alpha value is -2.22. The van der Waals surface area contributed by atoms with E-state index in [-0.39, 0.29) is 5.78 Å². The number of nitrogens with one attached hydrogen (secondary N) is 1. The highest BCUT2D eigenvalue weighted by molar-refractivity contribution is 7.17. The van der Waals surface area contributed by atoms with Gasteiger partial charge >= 0.3 is 0 Å². The number of Topliss-reactive ketones (excluding diaryl/α,β-unsaturated/α-hetero) is 1. The van der Waals surface area contributed by atoms with E-state index in [1.807, 2.05) is 31.2 Å². The van der Waals surface area contributed by atoms with Crippen LogP contribution < -0.4 is 16.0 Å². The van der Waals surface area contributed by atoms with Crippen molar-refractivity contribution >= 4 is 39.3 Å². The highest BCUT2D eigenvalue weighted by Gasteiger charge is 2.21. The number of nitrogen functional groups attached to an aromatic ring is 1. The third kappa shape index (κ3) is 3.90. The molecule has 3 aromatic rings. The van der Waals surface area contributed by atoms with E-state index in [4.69, 9.17) is 5.73 Å². The molecular formula is C20H22N4OS2. The molecule has 3 heterocycles. The first kappa shape index (κ1) is 18.2. The highest BCUT2D eigenvalue weighted by atomic mass is 32.1. The number of carbonyl (C=O) groups excluding carboxylic acids is 1. The Morgan fingerprint density at radius 1 is 1.30 bits per heavy atom. The number of thiazole rings is 1. The van der Waals surface area contributed by atoms with E-state index in [2.05, 4.69) is 26.6 Å². The second-order valence-electron chi connectivity index (χ2n) is 6.64. The lowest BCUT2D eigenvalue weighted by molar-refractivity contribution is 0.0996. The maximum Gasteiger partial charge on any atom is 0.186 e. The van der Waals surface area contributed by atoms with Gasteiger partial charge in [0.25, 0.3) is 0 Å². The van der Waals surface area contributed by atoms with Crippen molar-refractivity contribution in [2.24, 2.45) is 0 Å². The lowest BCUT2D eigenvalue weighted by Crippen LogP contribution is -2.43. The first-order valence-corrected chi connectivity index (χ1v) is 10.7. The number of aryl methyl sites for hydroxylation is 1. The zero-order valence-corrected chi connectivity index (χ0v) is 16.8. The molecule has 5 nitrogen and oxygen atoms in total. The molecular weight excluding hydrogens is 376 g/mol. The summed E-state index contributed by atoms with van der Waals surface area (Å²) < 4.78 is 0. The molecule has 4 rings (SSSR count). The van der Waals surface area contributed by atoms with E-state index in [0.717, 1.165) is 53.0 Å². The molecule has 140 valence electrons. The molecule has 0 atom stereocenters. The molecule has 1 saturated heterocycles. The van der Waals surface area contributed by atoms with Crippen molar-refractivity contribution in [2.45, 2.75) is 13.3 Å². The van der Waals surface area contributed by atoms with Crippen LogP contribution in [0.1, 0.15) is 20.9 Å². The van der Waals surface area contributed by atoms with Gasteiger partial charge in [-0.2, -0.15) is 0 Å². The van der Waals surface area contributed by atoms with Crippen LogP contribution in [0.2, 0.25) is 0 Å². The Morgan fingerprint density at radius 3 is 2.85 bits per heavy atom. The Bertz CT molecular complexity index is 943. The van der Waals surface area contributed by atoms with E-state index < -0.39 is 0 Å². The number of piperazine rings is 1. The number of nitrogens with zero attached hydrogens (tertiary/aromatic N) is 2. The average molecular weight is 399 g/mol. The predicted molar refractivity (Wildman–Crippen MR) is 114 cm³/mol. The molecule has 0 bridgehead atoms. The van der Waals surface area contributed by atoms with Gasteiger partial charge in [0, 0.05) is 43.2 Å². The Morgan fingerprint density at radius 2 is 2.11 bits per heavy atom. The van der Waals surface area contributed by atoms with Gasteiger partial charge in [-0.1, -0.05) is 23.5 Å². The topological polar surface area (TPSA) is 71.2 Å². The molecule has 0 unspecified atom stereocenters. The van der Waals surface area contributed by atoms with Crippen molar-refractivity contribution in [3.8, 4) is 10.4 Å². The lowest BCUT2D eigenvalue weighted by Gasteiger charge is -2.26. The fraction of sp³-hybridized carbons (Fsp3) is 0.300. The van der Waals surface area contributed by atoms with Gasteiger partial charge in [-0.3, -0.25) is 4.79 Å². The smallest absolute Gasteiger partial charge is 0.186 e. The molecule has 1 aliphatic heterocycles. The molecule has 0 amide bonds. The summed E-state index contributed by atoms with van der Waals surface area (Å²) >= 11 is 3.18. The molecule has 0 radical (unpaired) electrons. The van der Waals surface area contributed by atoms with Crippen LogP contribution in [-0.2, 0) is 6.42 Å². The number of hydrogen-bond acceptors (Lipinski definition) is 7. The molecule has 1 aromatic carbocycles. The number of nitrogens with two attached hydrogens (primary N) is 1. The van der Waals surface area contributed by atoms with Crippen LogP contribution >= 0.6 is 22.7 Å². The highest BCUT2D eigenvalue weighted by Crippen LogP contribution is 2.30. The van der Waals surface area contributed by atoms with E-state index >= 15 is 0 Å². The summed E-state index contributed by atoms with van der Waals surface area (Å²) in [5.41, 5.74) is 9.60. The molecule has 1 aliphatic rings. The zero-order chi connectivity index (χ0) is 18.8. The summed E-state index contributed by atoms with van der Waals surface area (Å²) in [5.74, 6) is 0.0846. The van der Waals surface area contributed by atoms with Gasteiger partial charge in [-0.15, -0.1) is 11.3 Å². The largest absolute Gasteiger partial charge is 0.398 e. The zero-order valence-electron chi connectivity index (χ0n) is 15.2. The van der Waals surface area contributed by atoms with Crippen LogP contribution in [0.25, 0.3) is 10.4 Å². The minimum absolute atomic E-state index is 0.0846. The standard InChI is InChI=1S/C20H22N4OS2/c1-13-19(27-20(23-13)24-8-6-22-7-9-24)17(25)12-15-11-14(4-5-16(15)21)18-3-2-10-26-18/h2-5,10-11,22H,6-9,12,21H2,1H3. The molecule has 27 heavy (non-hydrogen) atoms. The number of benzene rings is 1. The number of anilines is 2. The van der Waals surface area contributed by atoms with Crippen molar-refractivity contribution in [2.75, 3.05) is 36.8 Å². The van der Waals surface area contributed by atoms with Crippen LogP contribution in [0.3, 0.4) is 0 Å². The second kappa shape index (κ2) is 7.80. The summed E-state index contributed by atoms with van der Waals surface area (Å²) in [7, 11) is 0. The van der Waals surface area contributed by atoms with Crippen molar-refractivity contribution in [1.29, 1.82) is 0 Å². The first-order chi connectivity index (χ1) is 13.1. The van der Waals surface area contributed by atoms with Crippen LogP contribution in [0.5, 0.6) is 0 Å². The van der Waals surface area contributed by atoms with Crippen LogP contribution in [-0.4, -0.2) is 36.9 Å². The first-order valence-electron chi connectivity index (χ1n) is 9.00. The summed E-state index contributed by atoms with van der Waals surface area (Å²) in [5, 5.41) is 6.33. The number of thiophene rings is 1. The van der Waals surface area contributed by atoms with Gasteiger partial charge in [-0.25, -0.2) is 4.98 Å². The van der Waals surface area contributed by atoms with Crippen molar-refractivity contribution in [3.63, 3.8) is 0 Å². The van der Waals surface area contributed by atoms with Crippen molar-refractivity contribution in [3.05, 3.63) is 51.8 Å². The molecule has 0 spiro atoms. The minimum Gasteiger partial charge on any atom is -0.398 e. The lowest BCUT2D eigenvalue weighted by atomic mass is 10.0. The summed E-state index contributed by atoms with van der Waals surface area (Å²) in [6.07, 6.45) is 0.301. The summed E-state index contributed by atoms with van der Waals surface area (Å²) in [4.78, 5) is 21.8.